The maximum Gasteiger partial charge on any atom is 0.298 e. The Labute approximate surface area is 96.1 Å². The summed E-state index contributed by atoms with van der Waals surface area (Å²) in [5.41, 5.74) is 1.81. The molecule has 0 aliphatic heterocycles. The molecule has 1 heterocycles. The Hall–Kier alpha value is -1.51. The van der Waals surface area contributed by atoms with Crippen molar-refractivity contribution in [2.75, 3.05) is 18.0 Å². The van der Waals surface area contributed by atoms with Crippen LogP contribution in [0.1, 0.15) is 26.7 Å². The van der Waals surface area contributed by atoms with E-state index in [1.807, 2.05) is 24.3 Å². The Bertz CT molecular complexity index is 411. The van der Waals surface area contributed by atoms with E-state index in [9.17, 15) is 0 Å². The third-order valence-electron chi connectivity index (χ3n) is 2.54. The molecular weight excluding hydrogens is 200 g/mol. The Morgan fingerprint density at radius 3 is 2.44 bits per heavy atom. The summed E-state index contributed by atoms with van der Waals surface area (Å²) in [7, 11) is 0. The molecule has 0 saturated carbocycles. The van der Waals surface area contributed by atoms with Gasteiger partial charge in [-0.2, -0.15) is 4.98 Å². The van der Waals surface area contributed by atoms with Gasteiger partial charge in [0, 0.05) is 13.1 Å². The molecule has 3 nitrogen and oxygen atoms in total. The van der Waals surface area contributed by atoms with E-state index in [4.69, 9.17) is 4.42 Å². The van der Waals surface area contributed by atoms with Crippen molar-refractivity contribution in [2.24, 2.45) is 0 Å². The normalized spacial score (nSPS) is 10.9. The van der Waals surface area contributed by atoms with E-state index in [1.165, 1.54) is 0 Å². The molecule has 1 aromatic heterocycles. The van der Waals surface area contributed by atoms with Gasteiger partial charge in [-0.15, -0.1) is 0 Å². The molecular formula is C13H18N2O. The van der Waals surface area contributed by atoms with Crippen molar-refractivity contribution in [3.05, 3.63) is 24.3 Å². The van der Waals surface area contributed by atoms with Crippen LogP contribution in [0.2, 0.25) is 0 Å². The second-order valence-corrected chi connectivity index (χ2v) is 3.95. The lowest BCUT2D eigenvalue weighted by atomic mass is 10.3. The largest absolute Gasteiger partial charge is 0.423 e. The zero-order valence-electron chi connectivity index (χ0n) is 9.94. The Balaban J connectivity index is 2.29. The molecule has 0 unspecified atom stereocenters. The number of anilines is 1. The van der Waals surface area contributed by atoms with Crippen molar-refractivity contribution in [1.82, 2.24) is 4.98 Å². The van der Waals surface area contributed by atoms with Crippen LogP contribution in [0, 0.1) is 0 Å². The summed E-state index contributed by atoms with van der Waals surface area (Å²) in [6, 6.07) is 8.66. The molecule has 0 bridgehead atoms. The average molecular weight is 218 g/mol. The van der Waals surface area contributed by atoms with Crippen molar-refractivity contribution in [3.63, 3.8) is 0 Å². The number of fused-ring (bicyclic) bond motifs is 1. The van der Waals surface area contributed by atoms with Gasteiger partial charge in [-0.05, 0) is 25.0 Å². The first-order chi connectivity index (χ1) is 7.85. The van der Waals surface area contributed by atoms with Gasteiger partial charge in [0.2, 0.25) is 0 Å². The minimum Gasteiger partial charge on any atom is -0.423 e. The summed E-state index contributed by atoms with van der Waals surface area (Å²) in [5.74, 6) is 0. The maximum atomic E-state index is 5.75. The summed E-state index contributed by atoms with van der Waals surface area (Å²) in [6.45, 7) is 6.35. The fourth-order valence-electron chi connectivity index (χ4n) is 1.84. The summed E-state index contributed by atoms with van der Waals surface area (Å²) in [5, 5.41) is 0. The van der Waals surface area contributed by atoms with E-state index in [0.29, 0.717) is 0 Å². The quantitative estimate of drug-likeness (QED) is 0.769. The van der Waals surface area contributed by atoms with E-state index in [2.05, 4.69) is 23.7 Å². The molecule has 0 aliphatic carbocycles. The maximum absolute atomic E-state index is 5.75. The van der Waals surface area contributed by atoms with E-state index >= 15 is 0 Å². The number of para-hydroxylation sites is 2. The van der Waals surface area contributed by atoms with Gasteiger partial charge in [0.1, 0.15) is 5.52 Å². The van der Waals surface area contributed by atoms with Gasteiger partial charge < -0.3 is 9.32 Å². The molecule has 2 rings (SSSR count). The lowest BCUT2D eigenvalue weighted by Gasteiger charge is -2.18. The molecule has 1 aromatic carbocycles. The second-order valence-electron chi connectivity index (χ2n) is 3.95. The smallest absolute Gasteiger partial charge is 0.298 e. The molecule has 0 amide bonds. The van der Waals surface area contributed by atoms with E-state index in [1.54, 1.807) is 0 Å². The van der Waals surface area contributed by atoms with Crippen LogP contribution < -0.4 is 4.90 Å². The fraction of sp³-hybridized carbons (Fsp3) is 0.462. The highest BCUT2D eigenvalue weighted by molar-refractivity contribution is 5.74. The van der Waals surface area contributed by atoms with Crippen LogP contribution in [-0.2, 0) is 0 Å². The van der Waals surface area contributed by atoms with E-state index < -0.39 is 0 Å². The van der Waals surface area contributed by atoms with Crippen molar-refractivity contribution in [3.8, 4) is 0 Å². The number of oxazole rings is 1. The number of benzene rings is 1. The molecule has 0 spiro atoms. The fourth-order valence-corrected chi connectivity index (χ4v) is 1.84. The molecule has 86 valence electrons. The first kappa shape index (κ1) is 11.0. The predicted molar refractivity (Wildman–Crippen MR) is 66.8 cm³/mol. The SMILES string of the molecule is CCCN(CCC)c1nc2ccccc2o1. The molecule has 0 N–H and O–H groups in total. The minimum atomic E-state index is 0.755. The molecule has 3 heteroatoms. The third-order valence-corrected chi connectivity index (χ3v) is 2.54. The monoisotopic (exact) mass is 218 g/mol. The van der Waals surface area contributed by atoms with E-state index in [0.717, 1.165) is 43.0 Å². The average Bonchev–Trinajstić information content (AvgIpc) is 2.72. The molecule has 2 aromatic rings. The molecule has 16 heavy (non-hydrogen) atoms. The Morgan fingerprint density at radius 2 is 1.81 bits per heavy atom. The molecule has 0 radical (unpaired) electrons. The summed E-state index contributed by atoms with van der Waals surface area (Å²) < 4.78 is 5.75. The van der Waals surface area contributed by atoms with Gasteiger partial charge in [0.15, 0.2) is 5.58 Å². The summed E-state index contributed by atoms with van der Waals surface area (Å²) in [4.78, 5) is 6.72. The van der Waals surface area contributed by atoms with Crippen molar-refractivity contribution in [1.29, 1.82) is 0 Å². The highest BCUT2D eigenvalue weighted by Crippen LogP contribution is 2.21. The van der Waals surface area contributed by atoms with Crippen molar-refractivity contribution >= 4 is 17.1 Å². The Kier molecular flexibility index (Phi) is 3.44. The van der Waals surface area contributed by atoms with Crippen LogP contribution in [0.3, 0.4) is 0 Å². The standard InChI is InChI=1S/C13H18N2O/c1-3-9-15(10-4-2)13-14-11-7-5-6-8-12(11)16-13/h5-8H,3-4,9-10H2,1-2H3. The van der Waals surface area contributed by atoms with Crippen LogP contribution in [0.5, 0.6) is 0 Å². The Morgan fingerprint density at radius 1 is 1.12 bits per heavy atom. The number of hydrogen-bond acceptors (Lipinski definition) is 3. The predicted octanol–water partition coefficient (Wildman–Crippen LogP) is 3.45. The number of aromatic nitrogens is 1. The van der Waals surface area contributed by atoms with Gasteiger partial charge in [0.05, 0.1) is 0 Å². The van der Waals surface area contributed by atoms with Gasteiger partial charge >= 0.3 is 0 Å². The highest BCUT2D eigenvalue weighted by atomic mass is 16.4. The highest BCUT2D eigenvalue weighted by Gasteiger charge is 2.11. The third kappa shape index (κ3) is 2.18. The van der Waals surface area contributed by atoms with Crippen LogP contribution in [0.15, 0.2) is 28.7 Å². The van der Waals surface area contributed by atoms with E-state index in [-0.39, 0.29) is 0 Å². The van der Waals surface area contributed by atoms with Gasteiger partial charge in [-0.1, -0.05) is 26.0 Å². The van der Waals surface area contributed by atoms with Gasteiger partial charge in [-0.25, -0.2) is 0 Å². The summed E-state index contributed by atoms with van der Waals surface area (Å²) >= 11 is 0. The van der Waals surface area contributed by atoms with Crippen LogP contribution >= 0.6 is 0 Å². The lowest BCUT2D eigenvalue weighted by molar-refractivity contribution is 0.560. The van der Waals surface area contributed by atoms with Crippen LogP contribution in [0.4, 0.5) is 6.01 Å². The zero-order valence-corrected chi connectivity index (χ0v) is 9.94. The first-order valence-electron chi connectivity index (χ1n) is 5.95. The summed E-state index contributed by atoms with van der Waals surface area (Å²) in [6.07, 6.45) is 2.22. The van der Waals surface area contributed by atoms with Gasteiger partial charge in [-0.3, -0.25) is 0 Å². The van der Waals surface area contributed by atoms with Crippen LogP contribution in [0.25, 0.3) is 11.1 Å². The minimum absolute atomic E-state index is 0.755. The van der Waals surface area contributed by atoms with Crippen molar-refractivity contribution in [2.45, 2.75) is 26.7 Å². The number of hydrogen-bond donors (Lipinski definition) is 0. The molecule has 0 saturated heterocycles. The molecule has 0 fully saturated rings. The topological polar surface area (TPSA) is 29.3 Å². The lowest BCUT2D eigenvalue weighted by Crippen LogP contribution is -2.24. The second kappa shape index (κ2) is 5.01. The first-order valence-corrected chi connectivity index (χ1v) is 5.95. The molecule has 0 aliphatic rings. The zero-order chi connectivity index (χ0) is 11.4. The van der Waals surface area contributed by atoms with Crippen LogP contribution in [-0.4, -0.2) is 18.1 Å². The number of nitrogens with zero attached hydrogens (tertiary/aromatic N) is 2. The van der Waals surface area contributed by atoms with Gasteiger partial charge in [0.25, 0.3) is 6.01 Å². The number of rotatable bonds is 5. The van der Waals surface area contributed by atoms with Crippen molar-refractivity contribution < 1.29 is 4.42 Å². The molecule has 0 atom stereocenters.